The lowest BCUT2D eigenvalue weighted by Crippen LogP contribution is -2.45. The van der Waals surface area contributed by atoms with Crippen molar-refractivity contribution in [2.45, 2.75) is 0 Å². The first-order chi connectivity index (χ1) is 4.31. The molecular weight excluding hydrogens is 156 g/mol. The summed E-state index contributed by atoms with van der Waals surface area (Å²) in [5, 5.41) is 0. The summed E-state index contributed by atoms with van der Waals surface area (Å²) in [6.07, 6.45) is 0. The fourth-order valence-corrected chi connectivity index (χ4v) is 4.86. The van der Waals surface area contributed by atoms with Crippen LogP contribution in [0.15, 0.2) is 0 Å². The lowest BCUT2D eigenvalue weighted by molar-refractivity contribution is -0.0821. The molecule has 0 aromatic heterocycles. The fraction of sp³-hybridized carbons (Fsp3) is 1.00. The van der Waals surface area contributed by atoms with E-state index < -0.39 is 9.83 Å². The lowest BCUT2D eigenvalue weighted by atomic mass is 9.91. The van der Waals surface area contributed by atoms with Gasteiger partial charge in [-0.05, 0) is 0 Å². The van der Waals surface area contributed by atoms with Gasteiger partial charge in [-0.3, -0.25) is 0 Å². The number of hydrogen-bond donors (Lipinski definition) is 0. The normalized spacial score (nSPS) is 38.9. The second-order valence-electron chi connectivity index (χ2n) is 2.70. The van der Waals surface area contributed by atoms with Gasteiger partial charge in [-0.25, -0.2) is 4.21 Å². The molecule has 2 heterocycles. The van der Waals surface area contributed by atoms with Crippen molar-refractivity contribution < 1.29 is 8.95 Å². The van der Waals surface area contributed by atoms with Gasteiger partial charge >= 0.3 is 0 Å². The van der Waals surface area contributed by atoms with Crippen LogP contribution in [0.25, 0.3) is 0 Å². The molecule has 2 rings (SSSR count). The fourth-order valence-electron chi connectivity index (χ4n) is 1.08. The molecule has 2 nitrogen and oxygen atoms in total. The van der Waals surface area contributed by atoms with Crippen LogP contribution in [-0.2, 0) is 14.6 Å². The van der Waals surface area contributed by atoms with Gasteiger partial charge in [0.2, 0.25) is 0 Å². The topological polar surface area (TPSA) is 26.3 Å². The molecule has 1 atom stereocenters. The molecule has 0 aliphatic carbocycles. The van der Waals surface area contributed by atoms with Crippen molar-refractivity contribution in [3.05, 3.63) is 0 Å². The van der Waals surface area contributed by atoms with E-state index in [1.165, 1.54) is 0 Å². The molecule has 1 spiro atoms. The van der Waals surface area contributed by atoms with Crippen LogP contribution in [0, 0.1) is 5.41 Å². The Balaban J connectivity index is 2.07. The van der Waals surface area contributed by atoms with Gasteiger partial charge in [0.15, 0.2) is 0 Å². The summed E-state index contributed by atoms with van der Waals surface area (Å²) < 4.78 is 15.9. The lowest BCUT2D eigenvalue weighted by Gasteiger charge is -2.35. The van der Waals surface area contributed by atoms with Crippen molar-refractivity contribution in [3.63, 3.8) is 0 Å². The van der Waals surface area contributed by atoms with E-state index in [2.05, 4.69) is 0 Å². The van der Waals surface area contributed by atoms with Gasteiger partial charge in [-0.2, -0.15) is 0 Å². The Morgan fingerprint density at radius 2 is 2.33 bits per heavy atom. The minimum Gasteiger partial charge on any atom is -0.380 e. The van der Waals surface area contributed by atoms with Crippen molar-refractivity contribution in [1.82, 2.24) is 0 Å². The zero-order chi connectivity index (χ0) is 6.32. The van der Waals surface area contributed by atoms with Crippen molar-refractivity contribution >= 4 is 20.6 Å². The van der Waals surface area contributed by atoms with Crippen LogP contribution in [-0.4, -0.2) is 28.9 Å². The largest absolute Gasteiger partial charge is 0.380 e. The summed E-state index contributed by atoms with van der Waals surface area (Å²) in [5.41, 5.74) is 0.329. The predicted molar refractivity (Wildman–Crippen MR) is 38.7 cm³/mol. The average molecular weight is 164 g/mol. The van der Waals surface area contributed by atoms with E-state index in [1.54, 1.807) is 10.8 Å². The van der Waals surface area contributed by atoms with Gasteiger partial charge < -0.3 is 4.74 Å². The average Bonchev–Trinajstić information content (AvgIpc) is 2.09. The molecule has 2 aliphatic rings. The Morgan fingerprint density at radius 3 is 2.56 bits per heavy atom. The van der Waals surface area contributed by atoms with E-state index in [9.17, 15) is 4.21 Å². The molecule has 0 radical (unpaired) electrons. The Morgan fingerprint density at radius 1 is 1.56 bits per heavy atom. The van der Waals surface area contributed by atoms with Crippen molar-refractivity contribution in [2.75, 3.05) is 24.7 Å². The standard InChI is InChI=1S/C5H8O2S2/c6-9-4-5(3-8-9)1-7-2-5/h1-4H2. The van der Waals surface area contributed by atoms with E-state index in [4.69, 9.17) is 4.74 Å². The van der Waals surface area contributed by atoms with Gasteiger partial charge in [-0.1, -0.05) is 10.8 Å². The maximum atomic E-state index is 10.9. The third-order valence-electron chi connectivity index (χ3n) is 1.74. The Labute approximate surface area is 60.2 Å². The Bertz CT molecular complexity index is 153. The highest BCUT2D eigenvalue weighted by molar-refractivity contribution is 8.69. The highest BCUT2D eigenvalue weighted by Gasteiger charge is 2.44. The quantitative estimate of drug-likeness (QED) is 0.485. The molecule has 2 fully saturated rings. The van der Waals surface area contributed by atoms with Gasteiger partial charge in [0, 0.05) is 16.9 Å². The molecule has 0 saturated carbocycles. The molecule has 9 heavy (non-hydrogen) atoms. The van der Waals surface area contributed by atoms with Gasteiger partial charge in [-0.15, -0.1) is 0 Å². The highest BCUT2D eigenvalue weighted by atomic mass is 33.1. The van der Waals surface area contributed by atoms with Crippen LogP contribution in [0.4, 0.5) is 0 Å². The minimum absolute atomic E-state index is 0.329. The van der Waals surface area contributed by atoms with E-state index >= 15 is 0 Å². The van der Waals surface area contributed by atoms with Crippen LogP contribution in [0.1, 0.15) is 0 Å². The van der Waals surface area contributed by atoms with E-state index in [1.807, 2.05) is 0 Å². The first-order valence-corrected chi connectivity index (χ1v) is 5.72. The summed E-state index contributed by atoms with van der Waals surface area (Å²) in [4.78, 5) is 0. The molecule has 52 valence electrons. The third kappa shape index (κ3) is 0.932. The molecule has 4 heteroatoms. The SMILES string of the molecule is O=S1CC2(COC2)CS1. The van der Waals surface area contributed by atoms with Crippen LogP contribution in [0.2, 0.25) is 0 Å². The van der Waals surface area contributed by atoms with Gasteiger partial charge in [0.1, 0.15) is 0 Å². The molecule has 2 saturated heterocycles. The van der Waals surface area contributed by atoms with Crippen molar-refractivity contribution in [3.8, 4) is 0 Å². The summed E-state index contributed by atoms with van der Waals surface area (Å²) in [6.45, 7) is 1.68. The van der Waals surface area contributed by atoms with Crippen molar-refractivity contribution in [2.24, 2.45) is 5.41 Å². The van der Waals surface area contributed by atoms with Crippen LogP contribution >= 0.6 is 10.8 Å². The zero-order valence-electron chi connectivity index (χ0n) is 4.96. The number of hydrogen-bond acceptors (Lipinski definition) is 3. The van der Waals surface area contributed by atoms with Gasteiger partial charge in [0.25, 0.3) is 0 Å². The molecule has 0 aromatic rings. The van der Waals surface area contributed by atoms with Crippen LogP contribution < -0.4 is 0 Å². The summed E-state index contributed by atoms with van der Waals surface area (Å²) >= 11 is 0. The monoisotopic (exact) mass is 164 g/mol. The smallest absolute Gasteiger partial charge is 0.0811 e. The van der Waals surface area contributed by atoms with Gasteiger partial charge in [0.05, 0.1) is 23.0 Å². The molecular formula is C5H8O2S2. The van der Waals surface area contributed by atoms with Crippen molar-refractivity contribution in [1.29, 1.82) is 0 Å². The first-order valence-electron chi connectivity index (χ1n) is 2.90. The highest BCUT2D eigenvalue weighted by Crippen LogP contribution is 2.40. The third-order valence-corrected chi connectivity index (χ3v) is 5.07. The number of ether oxygens (including phenoxy) is 1. The second-order valence-corrected chi connectivity index (χ2v) is 5.95. The Hall–Kier alpha value is 0.460. The van der Waals surface area contributed by atoms with E-state index in [0.29, 0.717) is 5.41 Å². The number of rotatable bonds is 0. The summed E-state index contributed by atoms with van der Waals surface area (Å²) in [5.74, 6) is 1.90. The predicted octanol–water partition coefficient (Wildman–Crippen LogP) is 0.414. The maximum absolute atomic E-state index is 10.9. The van der Waals surface area contributed by atoms with Crippen LogP contribution in [0.3, 0.4) is 0 Å². The molecule has 0 bridgehead atoms. The minimum atomic E-state index is -0.604. The molecule has 0 N–H and O–H groups in total. The second kappa shape index (κ2) is 1.97. The summed E-state index contributed by atoms with van der Waals surface area (Å²) in [6, 6.07) is 0. The van der Waals surface area contributed by atoms with E-state index in [-0.39, 0.29) is 0 Å². The van der Waals surface area contributed by atoms with E-state index in [0.717, 1.165) is 24.7 Å². The molecule has 0 amide bonds. The summed E-state index contributed by atoms with van der Waals surface area (Å²) in [7, 11) is 0.968. The maximum Gasteiger partial charge on any atom is 0.0811 e. The molecule has 0 aromatic carbocycles. The Kier molecular flexibility index (Phi) is 1.35. The molecule has 2 aliphatic heterocycles. The zero-order valence-corrected chi connectivity index (χ0v) is 6.59. The van der Waals surface area contributed by atoms with Crippen LogP contribution in [0.5, 0.6) is 0 Å². The molecule has 1 unspecified atom stereocenters. The first kappa shape index (κ1) is 6.19.